The molecular formula is C14H18BrF3N2O. The van der Waals surface area contributed by atoms with Crippen LogP contribution < -0.4 is 11.3 Å². The molecule has 1 aromatic carbocycles. The van der Waals surface area contributed by atoms with E-state index < -0.39 is 17.8 Å². The number of hydrogen-bond acceptors (Lipinski definition) is 3. The van der Waals surface area contributed by atoms with E-state index in [1.807, 2.05) is 0 Å². The molecule has 0 aromatic heterocycles. The summed E-state index contributed by atoms with van der Waals surface area (Å²) >= 11 is 3.08. The predicted molar refractivity (Wildman–Crippen MR) is 77.4 cm³/mol. The Bertz CT molecular complexity index is 476. The molecule has 1 heterocycles. The third-order valence-corrected chi connectivity index (χ3v) is 4.19. The highest BCUT2D eigenvalue weighted by Crippen LogP contribution is 2.37. The van der Waals surface area contributed by atoms with E-state index in [4.69, 9.17) is 10.6 Å². The van der Waals surface area contributed by atoms with Crippen molar-refractivity contribution in [2.24, 2.45) is 5.84 Å². The lowest BCUT2D eigenvalue weighted by Gasteiger charge is -2.22. The van der Waals surface area contributed by atoms with E-state index in [0.717, 1.165) is 25.5 Å². The van der Waals surface area contributed by atoms with Crippen LogP contribution in [-0.4, -0.2) is 12.7 Å². The molecule has 0 amide bonds. The Kier molecular flexibility index (Phi) is 5.65. The summed E-state index contributed by atoms with van der Waals surface area (Å²) in [6.07, 6.45) is -1.10. The summed E-state index contributed by atoms with van der Waals surface area (Å²) in [6.45, 7) is 0.734. The number of nitrogens with one attached hydrogen (secondary N) is 1. The average molecular weight is 367 g/mol. The number of rotatable bonds is 5. The molecule has 0 saturated carbocycles. The van der Waals surface area contributed by atoms with E-state index in [9.17, 15) is 13.2 Å². The number of halogens is 4. The summed E-state index contributed by atoms with van der Waals surface area (Å²) in [5.74, 6) is 5.47. The van der Waals surface area contributed by atoms with Gasteiger partial charge >= 0.3 is 6.18 Å². The first kappa shape index (κ1) is 16.7. The van der Waals surface area contributed by atoms with Crippen LogP contribution in [0.3, 0.4) is 0 Å². The van der Waals surface area contributed by atoms with Crippen molar-refractivity contribution in [2.75, 3.05) is 6.61 Å². The smallest absolute Gasteiger partial charge is 0.378 e. The third kappa shape index (κ3) is 4.42. The first-order chi connectivity index (χ1) is 9.91. The van der Waals surface area contributed by atoms with Crippen LogP contribution >= 0.6 is 15.9 Å². The maximum Gasteiger partial charge on any atom is 0.416 e. The molecule has 118 valence electrons. The maximum absolute atomic E-state index is 13.2. The van der Waals surface area contributed by atoms with Crippen LogP contribution in [0.25, 0.3) is 0 Å². The van der Waals surface area contributed by atoms with Gasteiger partial charge in [-0.2, -0.15) is 13.2 Å². The second-order valence-corrected chi connectivity index (χ2v) is 6.08. The zero-order valence-corrected chi connectivity index (χ0v) is 13.0. The molecule has 1 aromatic rings. The summed E-state index contributed by atoms with van der Waals surface area (Å²) in [6, 6.07) is 3.61. The molecule has 0 aliphatic carbocycles. The zero-order chi connectivity index (χ0) is 15.5. The van der Waals surface area contributed by atoms with Crippen molar-refractivity contribution in [1.82, 2.24) is 5.43 Å². The molecule has 0 spiro atoms. The molecular weight excluding hydrogens is 349 g/mol. The maximum atomic E-state index is 13.2. The fourth-order valence-corrected chi connectivity index (χ4v) is 2.99. The van der Waals surface area contributed by atoms with Crippen molar-refractivity contribution in [2.45, 2.75) is 44.0 Å². The number of hydrazine groups is 1. The summed E-state index contributed by atoms with van der Waals surface area (Å²) in [5.41, 5.74) is 2.02. The fourth-order valence-electron chi connectivity index (χ4n) is 2.63. The predicted octanol–water partition coefficient (Wildman–Crippen LogP) is 3.93. The van der Waals surface area contributed by atoms with Crippen molar-refractivity contribution in [3.63, 3.8) is 0 Å². The molecule has 21 heavy (non-hydrogen) atoms. The molecule has 1 aliphatic rings. The summed E-state index contributed by atoms with van der Waals surface area (Å²) in [4.78, 5) is 0. The average Bonchev–Trinajstić information content (AvgIpc) is 2.93. The van der Waals surface area contributed by atoms with Crippen LogP contribution in [0.5, 0.6) is 0 Å². The monoisotopic (exact) mass is 366 g/mol. The van der Waals surface area contributed by atoms with Crippen molar-refractivity contribution in [3.05, 3.63) is 33.8 Å². The van der Waals surface area contributed by atoms with Crippen LogP contribution in [0.2, 0.25) is 0 Å². The minimum atomic E-state index is -4.40. The third-order valence-electron chi connectivity index (χ3n) is 3.70. The van der Waals surface area contributed by atoms with E-state index in [-0.39, 0.29) is 11.7 Å². The van der Waals surface area contributed by atoms with E-state index >= 15 is 0 Å². The first-order valence-electron chi connectivity index (χ1n) is 6.86. The molecule has 2 atom stereocenters. The van der Waals surface area contributed by atoms with Crippen molar-refractivity contribution < 1.29 is 17.9 Å². The van der Waals surface area contributed by atoms with Gasteiger partial charge in [0.05, 0.1) is 11.7 Å². The SMILES string of the molecule is NNC(CCC1CCCO1)c1ccc(Br)cc1C(F)(F)F. The van der Waals surface area contributed by atoms with Gasteiger partial charge in [0.15, 0.2) is 0 Å². The highest BCUT2D eigenvalue weighted by atomic mass is 79.9. The van der Waals surface area contributed by atoms with Gasteiger partial charge in [0.25, 0.3) is 0 Å². The summed E-state index contributed by atoms with van der Waals surface area (Å²) < 4.78 is 45.4. The highest BCUT2D eigenvalue weighted by Gasteiger charge is 2.35. The van der Waals surface area contributed by atoms with E-state index in [0.29, 0.717) is 17.3 Å². The first-order valence-corrected chi connectivity index (χ1v) is 7.65. The van der Waals surface area contributed by atoms with Gasteiger partial charge < -0.3 is 4.74 Å². The van der Waals surface area contributed by atoms with Crippen LogP contribution in [-0.2, 0) is 10.9 Å². The lowest BCUT2D eigenvalue weighted by Crippen LogP contribution is -2.30. The minimum Gasteiger partial charge on any atom is -0.378 e. The van der Waals surface area contributed by atoms with Gasteiger partial charge in [0.1, 0.15) is 0 Å². The number of ether oxygens (including phenoxy) is 1. The Morgan fingerprint density at radius 2 is 2.19 bits per heavy atom. The Morgan fingerprint density at radius 1 is 1.43 bits per heavy atom. The normalized spacial score (nSPS) is 20.7. The topological polar surface area (TPSA) is 47.3 Å². The zero-order valence-electron chi connectivity index (χ0n) is 11.4. The van der Waals surface area contributed by atoms with Crippen molar-refractivity contribution in [3.8, 4) is 0 Å². The van der Waals surface area contributed by atoms with E-state index in [1.165, 1.54) is 6.07 Å². The molecule has 3 nitrogen and oxygen atoms in total. The molecule has 7 heteroatoms. The largest absolute Gasteiger partial charge is 0.416 e. The van der Waals surface area contributed by atoms with Crippen LogP contribution in [0.4, 0.5) is 13.2 Å². The van der Waals surface area contributed by atoms with E-state index in [2.05, 4.69) is 21.4 Å². The molecule has 0 radical (unpaired) electrons. The van der Waals surface area contributed by atoms with Gasteiger partial charge in [0, 0.05) is 17.1 Å². The Balaban J connectivity index is 2.16. The van der Waals surface area contributed by atoms with Gasteiger partial charge in [0.2, 0.25) is 0 Å². The highest BCUT2D eigenvalue weighted by molar-refractivity contribution is 9.10. The Hall–Kier alpha value is -0.630. The summed E-state index contributed by atoms with van der Waals surface area (Å²) in [7, 11) is 0. The number of hydrogen-bond donors (Lipinski definition) is 2. The Morgan fingerprint density at radius 3 is 2.76 bits per heavy atom. The summed E-state index contributed by atoms with van der Waals surface area (Å²) in [5, 5.41) is 0. The molecule has 1 fully saturated rings. The second kappa shape index (κ2) is 7.09. The van der Waals surface area contributed by atoms with Gasteiger partial charge in [-0.05, 0) is 43.4 Å². The lowest BCUT2D eigenvalue weighted by molar-refractivity contribution is -0.138. The van der Waals surface area contributed by atoms with Crippen molar-refractivity contribution in [1.29, 1.82) is 0 Å². The van der Waals surface area contributed by atoms with Gasteiger partial charge in [-0.1, -0.05) is 22.0 Å². The second-order valence-electron chi connectivity index (χ2n) is 5.16. The molecule has 3 N–H and O–H groups in total. The van der Waals surface area contributed by atoms with E-state index in [1.54, 1.807) is 6.07 Å². The number of alkyl halides is 3. The quantitative estimate of drug-likeness (QED) is 0.612. The van der Waals surface area contributed by atoms with Gasteiger partial charge in [-0.3, -0.25) is 11.3 Å². The molecule has 0 bridgehead atoms. The van der Waals surface area contributed by atoms with Gasteiger partial charge in [-0.15, -0.1) is 0 Å². The molecule has 2 rings (SSSR count). The van der Waals surface area contributed by atoms with Crippen molar-refractivity contribution >= 4 is 15.9 Å². The minimum absolute atomic E-state index is 0.130. The number of nitrogens with two attached hydrogens (primary N) is 1. The standard InChI is InChI=1S/C14H18BrF3N2O/c15-9-3-5-11(12(8-9)14(16,17)18)13(20-19)6-4-10-2-1-7-21-10/h3,5,8,10,13,20H,1-2,4,6-7,19H2. The fraction of sp³-hybridized carbons (Fsp3) is 0.571. The number of benzene rings is 1. The van der Waals surface area contributed by atoms with Crippen LogP contribution in [0, 0.1) is 0 Å². The molecule has 1 saturated heterocycles. The molecule has 1 aliphatic heterocycles. The lowest BCUT2D eigenvalue weighted by atomic mass is 9.95. The van der Waals surface area contributed by atoms with Gasteiger partial charge in [-0.25, -0.2) is 0 Å². The van der Waals surface area contributed by atoms with Crippen LogP contribution in [0.1, 0.15) is 42.9 Å². The Labute approximate surface area is 130 Å². The van der Waals surface area contributed by atoms with Crippen LogP contribution in [0.15, 0.2) is 22.7 Å². The molecule has 2 unspecified atom stereocenters.